The van der Waals surface area contributed by atoms with Crippen molar-refractivity contribution in [2.24, 2.45) is 19.1 Å². The smallest absolute Gasteiger partial charge is 0.333 e. The first kappa shape index (κ1) is 18.1. The van der Waals surface area contributed by atoms with Crippen molar-refractivity contribution < 1.29 is 19.3 Å². The summed E-state index contributed by atoms with van der Waals surface area (Å²) in [7, 11) is 7.10. The Morgan fingerprint density at radius 2 is 1.56 bits per heavy atom. The van der Waals surface area contributed by atoms with Gasteiger partial charge in [0.2, 0.25) is 11.6 Å². The van der Waals surface area contributed by atoms with Gasteiger partial charge in [-0.2, -0.15) is 0 Å². The van der Waals surface area contributed by atoms with Gasteiger partial charge in [-0.15, -0.1) is 0 Å². The van der Waals surface area contributed by atoms with E-state index in [0.717, 1.165) is 9.13 Å². The lowest BCUT2D eigenvalue weighted by atomic mass is 10.2. The lowest BCUT2D eigenvalue weighted by Crippen LogP contribution is -2.38. The van der Waals surface area contributed by atoms with Crippen LogP contribution in [0, 0.1) is 0 Å². The van der Waals surface area contributed by atoms with Gasteiger partial charge in [-0.25, -0.2) is 4.79 Å². The summed E-state index contributed by atoms with van der Waals surface area (Å²) in [6, 6.07) is 3.17. The van der Waals surface area contributed by atoms with Gasteiger partial charge < -0.3 is 19.3 Å². The average molecular weight is 349 g/mol. The molecule has 0 spiro atoms. The second-order valence-corrected chi connectivity index (χ2v) is 5.08. The zero-order chi connectivity index (χ0) is 18.7. The minimum Gasteiger partial charge on any atom is -0.494 e. The van der Waals surface area contributed by atoms with Crippen molar-refractivity contribution in [1.82, 2.24) is 9.13 Å². The van der Waals surface area contributed by atoms with E-state index in [1.54, 1.807) is 12.1 Å². The van der Waals surface area contributed by atoms with Crippen LogP contribution in [0.1, 0.15) is 5.56 Å². The van der Waals surface area contributed by atoms with Crippen LogP contribution < -0.4 is 25.5 Å². The molecule has 25 heavy (non-hydrogen) atoms. The zero-order valence-electron chi connectivity index (χ0n) is 14.6. The molecule has 1 aromatic heterocycles. The molecule has 0 radical (unpaired) electrons. The summed E-state index contributed by atoms with van der Waals surface area (Å²) < 4.78 is 17.5. The van der Waals surface area contributed by atoms with E-state index in [9.17, 15) is 14.7 Å². The van der Waals surface area contributed by atoms with Crippen LogP contribution in [0.5, 0.6) is 23.1 Å². The van der Waals surface area contributed by atoms with Gasteiger partial charge in [0.05, 0.1) is 27.0 Å². The van der Waals surface area contributed by atoms with Gasteiger partial charge in [0.15, 0.2) is 11.5 Å². The number of hydrogen-bond acceptors (Lipinski definition) is 7. The second-order valence-electron chi connectivity index (χ2n) is 5.08. The van der Waals surface area contributed by atoms with E-state index in [4.69, 9.17) is 14.2 Å². The van der Waals surface area contributed by atoms with Gasteiger partial charge in [0.1, 0.15) is 5.56 Å². The highest BCUT2D eigenvalue weighted by Crippen LogP contribution is 2.40. The monoisotopic (exact) mass is 349 g/mol. The lowest BCUT2D eigenvalue weighted by Gasteiger charge is -2.12. The van der Waals surface area contributed by atoms with Gasteiger partial charge in [-0.3, -0.25) is 18.9 Å². The summed E-state index contributed by atoms with van der Waals surface area (Å²) in [5, 5.41) is 10.0. The van der Waals surface area contributed by atoms with Crippen molar-refractivity contribution in [3.63, 3.8) is 0 Å². The van der Waals surface area contributed by atoms with E-state index in [1.807, 2.05) is 0 Å². The molecule has 1 N–H and O–H groups in total. The lowest BCUT2D eigenvalue weighted by molar-refractivity contribution is 0.324. The van der Waals surface area contributed by atoms with E-state index < -0.39 is 17.1 Å². The normalized spacial score (nSPS) is 10.9. The molecule has 134 valence electrons. The Morgan fingerprint density at radius 1 is 1.00 bits per heavy atom. The van der Waals surface area contributed by atoms with Crippen LogP contribution in [-0.4, -0.2) is 41.8 Å². The van der Waals surface area contributed by atoms with Gasteiger partial charge in [0.25, 0.3) is 5.56 Å². The third-order valence-corrected chi connectivity index (χ3v) is 3.66. The topological polar surface area (TPSA) is 104 Å². The Labute approximate surface area is 143 Å². The molecule has 9 nitrogen and oxygen atoms in total. The molecule has 9 heteroatoms. The molecule has 0 unspecified atom stereocenters. The van der Waals surface area contributed by atoms with E-state index in [1.165, 1.54) is 41.6 Å². The first-order chi connectivity index (χ1) is 11.8. The van der Waals surface area contributed by atoms with Gasteiger partial charge >= 0.3 is 5.69 Å². The van der Waals surface area contributed by atoms with Gasteiger partial charge in [0, 0.05) is 32.4 Å². The number of aromatic nitrogens is 2. The Kier molecular flexibility index (Phi) is 5.16. The van der Waals surface area contributed by atoms with Crippen LogP contribution in [0.4, 0.5) is 5.69 Å². The fourth-order valence-corrected chi connectivity index (χ4v) is 2.25. The fraction of sp³-hybridized carbons (Fsp3) is 0.312. The minimum absolute atomic E-state index is 0.113. The molecule has 0 atom stereocenters. The SMILES string of the molecule is COc1cc(N=Cc2c(O)n(C)c(=O)n(C)c2=O)cc(OC)c1OC. The van der Waals surface area contributed by atoms with Crippen molar-refractivity contribution in [3.05, 3.63) is 38.5 Å². The maximum absolute atomic E-state index is 12.2. The van der Waals surface area contributed by atoms with Crippen LogP contribution in [0.3, 0.4) is 0 Å². The molecule has 0 saturated carbocycles. The summed E-state index contributed by atoms with van der Waals surface area (Å²) in [6.07, 6.45) is 1.18. The largest absolute Gasteiger partial charge is 0.494 e. The van der Waals surface area contributed by atoms with Crippen molar-refractivity contribution in [1.29, 1.82) is 0 Å². The molecule has 0 aliphatic rings. The van der Waals surface area contributed by atoms with Crippen molar-refractivity contribution in [2.45, 2.75) is 0 Å². The first-order valence-corrected chi connectivity index (χ1v) is 7.18. The molecule has 0 saturated heterocycles. The highest BCUT2D eigenvalue weighted by Gasteiger charge is 2.15. The maximum atomic E-state index is 12.2. The van der Waals surface area contributed by atoms with Crippen LogP contribution in [-0.2, 0) is 14.1 Å². The van der Waals surface area contributed by atoms with E-state index in [-0.39, 0.29) is 5.56 Å². The number of rotatable bonds is 5. The van der Waals surface area contributed by atoms with E-state index in [0.29, 0.717) is 22.9 Å². The third-order valence-electron chi connectivity index (χ3n) is 3.66. The summed E-state index contributed by atoms with van der Waals surface area (Å²) in [4.78, 5) is 28.1. The summed E-state index contributed by atoms with van der Waals surface area (Å²) in [5.41, 5.74) is -0.993. The van der Waals surface area contributed by atoms with Crippen LogP contribution in [0.15, 0.2) is 26.7 Å². The fourth-order valence-electron chi connectivity index (χ4n) is 2.25. The predicted octanol–water partition coefficient (Wildman–Crippen LogP) is 0.566. The Morgan fingerprint density at radius 3 is 2.04 bits per heavy atom. The summed E-state index contributed by atoms with van der Waals surface area (Å²) >= 11 is 0. The molecule has 0 aliphatic carbocycles. The van der Waals surface area contributed by atoms with Crippen molar-refractivity contribution in [2.75, 3.05) is 21.3 Å². The number of aliphatic imine (C=N–C) groups is 1. The molecular formula is C16H19N3O6. The van der Waals surface area contributed by atoms with E-state index in [2.05, 4.69) is 4.99 Å². The number of aromatic hydroxyl groups is 1. The Balaban J connectivity index is 2.58. The van der Waals surface area contributed by atoms with Crippen LogP contribution >= 0.6 is 0 Å². The highest BCUT2D eigenvalue weighted by molar-refractivity contribution is 5.84. The molecule has 0 amide bonds. The number of ether oxygens (including phenoxy) is 3. The molecule has 1 heterocycles. The van der Waals surface area contributed by atoms with E-state index >= 15 is 0 Å². The Bertz CT molecular complexity index is 917. The number of methoxy groups -OCH3 is 3. The second kappa shape index (κ2) is 7.12. The Hall–Kier alpha value is -3.23. The molecule has 2 aromatic rings. The highest BCUT2D eigenvalue weighted by atomic mass is 16.5. The molecule has 0 aliphatic heterocycles. The molecule has 0 bridgehead atoms. The van der Waals surface area contributed by atoms with Crippen molar-refractivity contribution >= 4 is 11.9 Å². The average Bonchev–Trinajstić information content (AvgIpc) is 2.63. The summed E-state index contributed by atoms with van der Waals surface area (Å²) in [5.74, 6) is 0.729. The van der Waals surface area contributed by atoms with Crippen molar-refractivity contribution in [3.8, 4) is 23.1 Å². The van der Waals surface area contributed by atoms with Crippen LogP contribution in [0.25, 0.3) is 0 Å². The molecule has 1 aromatic carbocycles. The number of nitrogens with zero attached hydrogens (tertiary/aromatic N) is 3. The van der Waals surface area contributed by atoms with Crippen LogP contribution in [0.2, 0.25) is 0 Å². The molecular weight excluding hydrogens is 330 g/mol. The molecule has 0 fully saturated rings. The summed E-state index contributed by atoms with van der Waals surface area (Å²) in [6.45, 7) is 0. The minimum atomic E-state index is -0.656. The number of benzene rings is 1. The maximum Gasteiger partial charge on any atom is 0.333 e. The predicted molar refractivity (Wildman–Crippen MR) is 91.9 cm³/mol. The quantitative estimate of drug-likeness (QED) is 0.791. The zero-order valence-corrected chi connectivity index (χ0v) is 14.6. The third kappa shape index (κ3) is 3.21. The van der Waals surface area contributed by atoms with Gasteiger partial charge in [-0.05, 0) is 0 Å². The first-order valence-electron chi connectivity index (χ1n) is 7.18. The number of hydrogen-bond donors (Lipinski definition) is 1. The molecule has 2 rings (SSSR count). The van der Waals surface area contributed by atoms with Gasteiger partial charge in [-0.1, -0.05) is 0 Å². The standard InChI is InChI=1S/C16H19N3O6/c1-18-14(20)10(15(21)19(2)16(18)22)8-17-9-6-11(23-3)13(25-5)12(7-9)24-4/h6-8,20H,1-5H3.